The minimum Gasteiger partial charge on any atom is -0.380 e. The molecular weight excluding hydrogens is 244 g/mol. The first-order valence-corrected chi connectivity index (χ1v) is 7.38. The Morgan fingerprint density at radius 1 is 1.32 bits per heavy atom. The fraction of sp³-hybridized carbons (Fsp3) is 0.857. The molecular formula is C14H24N2O3. The molecule has 0 aromatic carbocycles. The van der Waals surface area contributed by atoms with Gasteiger partial charge in [-0.15, -0.1) is 0 Å². The molecule has 5 nitrogen and oxygen atoms in total. The van der Waals surface area contributed by atoms with E-state index in [1.807, 2.05) is 0 Å². The third-order valence-electron chi connectivity index (χ3n) is 3.74. The molecule has 1 saturated carbocycles. The third kappa shape index (κ3) is 4.20. The van der Waals surface area contributed by atoms with Crippen LogP contribution in [0.15, 0.2) is 0 Å². The molecule has 1 N–H and O–H groups in total. The van der Waals surface area contributed by atoms with Crippen LogP contribution in [0.2, 0.25) is 0 Å². The zero-order chi connectivity index (χ0) is 13.7. The molecule has 2 amide bonds. The van der Waals surface area contributed by atoms with Crippen LogP contribution in [-0.4, -0.2) is 49.1 Å². The highest BCUT2D eigenvalue weighted by Gasteiger charge is 2.40. The highest BCUT2D eigenvalue weighted by molar-refractivity contribution is 5.90. The van der Waals surface area contributed by atoms with Crippen molar-refractivity contribution in [2.45, 2.75) is 45.1 Å². The van der Waals surface area contributed by atoms with Gasteiger partial charge in [0, 0.05) is 26.1 Å². The monoisotopic (exact) mass is 268 g/mol. The van der Waals surface area contributed by atoms with Gasteiger partial charge in [-0.1, -0.05) is 13.3 Å². The summed E-state index contributed by atoms with van der Waals surface area (Å²) in [5.41, 5.74) is 0. The van der Waals surface area contributed by atoms with E-state index in [0.717, 1.165) is 32.3 Å². The molecule has 108 valence electrons. The van der Waals surface area contributed by atoms with Gasteiger partial charge in [0.15, 0.2) is 0 Å². The Morgan fingerprint density at radius 2 is 2.11 bits per heavy atom. The Morgan fingerprint density at radius 3 is 2.79 bits per heavy atom. The maximum Gasteiger partial charge on any atom is 0.245 e. The second-order valence-corrected chi connectivity index (χ2v) is 5.42. The average molecular weight is 268 g/mol. The molecule has 1 saturated heterocycles. The summed E-state index contributed by atoms with van der Waals surface area (Å²) in [6.45, 7) is 4.56. The molecule has 2 fully saturated rings. The summed E-state index contributed by atoms with van der Waals surface area (Å²) in [5.74, 6) is 0.435. The standard InChI is InChI=1S/C14H24N2O3/c1-2-3-9-19-10-8-16-7-6-12(17)15-13(14(16)18)11-4-5-11/h11,13H,2-10H2,1H3,(H,15,17). The van der Waals surface area contributed by atoms with Crippen LogP contribution in [0.4, 0.5) is 0 Å². The van der Waals surface area contributed by atoms with E-state index in [9.17, 15) is 9.59 Å². The average Bonchev–Trinajstić information content (AvgIpc) is 3.22. The fourth-order valence-electron chi connectivity index (χ4n) is 2.34. The van der Waals surface area contributed by atoms with Gasteiger partial charge in [-0.3, -0.25) is 9.59 Å². The summed E-state index contributed by atoms with van der Waals surface area (Å²) in [5, 5.41) is 2.86. The van der Waals surface area contributed by atoms with Crippen molar-refractivity contribution >= 4 is 11.8 Å². The lowest BCUT2D eigenvalue weighted by Gasteiger charge is -2.23. The smallest absolute Gasteiger partial charge is 0.245 e. The number of hydrogen-bond acceptors (Lipinski definition) is 3. The minimum atomic E-state index is -0.286. The molecule has 1 atom stereocenters. The SMILES string of the molecule is CCCCOCCN1CCC(=O)NC(C2CC2)C1=O. The zero-order valence-electron chi connectivity index (χ0n) is 11.7. The molecule has 19 heavy (non-hydrogen) atoms. The van der Waals surface area contributed by atoms with Gasteiger partial charge < -0.3 is 15.0 Å². The van der Waals surface area contributed by atoms with Gasteiger partial charge >= 0.3 is 0 Å². The fourth-order valence-corrected chi connectivity index (χ4v) is 2.34. The van der Waals surface area contributed by atoms with E-state index in [1.165, 1.54) is 0 Å². The molecule has 5 heteroatoms. The Bertz CT molecular complexity index is 329. The largest absolute Gasteiger partial charge is 0.380 e. The highest BCUT2D eigenvalue weighted by Crippen LogP contribution is 2.34. The summed E-state index contributed by atoms with van der Waals surface area (Å²) in [7, 11) is 0. The molecule has 2 rings (SSSR count). The quantitative estimate of drug-likeness (QED) is 0.699. The molecule has 1 aliphatic heterocycles. The van der Waals surface area contributed by atoms with Crippen LogP contribution in [0.25, 0.3) is 0 Å². The number of nitrogens with one attached hydrogen (secondary N) is 1. The van der Waals surface area contributed by atoms with Crippen molar-refractivity contribution in [2.75, 3.05) is 26.3 Å². The Hall–Kier alpha value is -1.10. The minimum absolute atomic E-state index is 0.000323. The lowest BCUT2D eigenvalue weighted by atomic mass is 10.1. The van der Waals surface area contributed by atoms with Crippen molar-refractivity contribution in [3.8, 4) is 0 Å². The number of unbranched alkanes of at least 4 members (excludes halogenated alkanes) is 1. The van der Waals surface area contributed by atoms with Crippen LogP contribution in [0.3, 0.4) is 0 Å². The number of nitrogens with zero attached hydrogens (tertiary/aromatic N) is 1. The first kappa shape index (κ1) is 14.3. The molecule has 0 aromatic heterocycles. The van der Waals surface area contributed by atoms with Crippen molar-refractivity contribution in [1.29, 1.82) is 0 Å². The summed E-state index contributed by atoms with van der Waals surface area (Å²) in [4.78, 5) is 25.7. The van der Waals surface area contributed by atoms with Crippen molar-refractivity contribution < 1.29 is 14.3 Å². The first-order valence-electron chi connectivity index (χ1n) is 7.38. The predicted octanol–water partition coefficient (Wildman–Crippen LogP) is 0.930. The number of ether oxygens (including phenoxy) is 1. The number of rotatable bonds is 7. The van der Waals surface area contributed by atoms with Crippen LogP contribution in [0, 0.1) is 5.92 Å². The van der Waals surface area contributed by atoms with Crippen LogP contribution in [-0.2, 0) is 14.3 Å². The number of amides is 2. The highest BCUT2D eigenvalue weighted by atomic mass is 16.5. The van der Waals surface area contributed by atoms with E-state index in [4.69, 9.17) is 4.74 Å². The lowest BCUT2D eigenvalue weighted by molar-refractivity contribution is -0.134. The van der Waals surface area contributed by atoms with Crippen LogP contribution in [0.1, 0.15) is 39.0 Å². The van der Waals surface area contributed by atoms with Crippen molar-refractivity contribution in [1.82, 2.24) is 10.2 Å². The van der Waals surface area contributed by atoms with Gasteiger partial charge in [-0.2, -0.15) is 0 Å². The number of carbonyl (C=O) groups excluding carboxylic acids is 2. The number of hydrogen-bond donors (Lipinski definition) is 1. The topological polar surface area (TPSA) is 58.6 Å². The van der Waals surface area contributed by atoms with E-state index < -0.39 is 0 Å². The van der Waals surface area contributed by atoms with E-state index in [0.29, 0.717) is 32.0 Å². The van der Waals surface area contributed by atoms with E-state index in [2.05, 4.69) is 12.2 Å². The summed E-state index contributed by atoms with van der Waals surface area (Å²) in [6.07, 6.45) is 4.68. The molecule has 0 radical (unpaired) electrons. The van der Waals surface area contributed by atoms with Crippen molar-refractivity contribution in [2.24, 2.45) is 5.92 Å². The molecule has 1 heterocycles. The maximum absolute atomic E-state index is 12.3. The van der Waals surface area contributed by atoms with E-state index in [-0.39, 0.29) is 17.9 Å². The summed E-state index contributed by atoms with van der Waals surface area (Å²) >= 11 is 0. The van der Waals surface area contributed by atoms with Gasteiger partial charge in [-0.25, -0.2) is 0 Å². The number of carbonyl (C=O) groups is 2. The van der Waals surface area contributed by atoms with Crippen LogP contribution >= 0.6 is 0 Å². The maximum atomic E-state index is 12.3. The van der Waals surface area contributed by atoms with Gasteiger partial charge in [0.1, 0.15) is 6.04 Å². The molecule has 0 spiro atoms. The third-order valence-corrected chi connectivity index (χ3v) is 3.74. The van der Waals surface area contributed by atoms with Crippen molar-refractivity contribution in [3.63, 3.8) is 0 Å². The second kappa shape index (κ2) is 6.89. The van der Waals surface area contributed by atoms with E-state index >= 15 is 0 Å². The summed E-state index contributed by atoms with van der Waals surface area (Å²) < 4.78 is 5.50. The zero-order valence-corrected chi connectivity index (χ0v) is 11.7. The second-order valence-electron chi connectivity index (χ2n) is 5.42. The molecule has 1 aliphatic carbocycles. The van der Waals surface area contributed by atoms with Gasteiger partial charge in [-0.05, 0) is 25.2 Å². The van der Waals surface area contributed by atoms with Gasteiger partial charge in [0.05, 0.1) is 6.61 Å². The first-order chi connectivity index (χ1) is 9.22. The Kier molecular flexibility index (Phi) is 5.19. The molecule has 0 bridgehead atoms. The predicted molar refractivity (Wildman–Crippen MR) is 71.6 cm³/mol. The Balaban J connectivity index is 1.80. The molecule has 0 aromatic rings. The lowest BCUT2D eigenvalue weighted by Crippen LogP contribution is -2.46. The van der Waals surface area contributed by atoms with Crippen LogP contribution in [0.5, 0.6) is 0 Å². The van der Waals surface area contributed by atoms with Crippen LogP contribution < -0.4 is 5.32 Å². The van der Waals surface area contributed by atoms with Gasteiger partial charge in [0.2, 0.25) is 11.8 Å². The van der Waals surface area contributed by atoms with E-state index in [1.54, 1.807) is 4.90 Å². The Labute approximate surface area is 114 Å². The molecule has 2 aliphatic rings. The normalized spacial score (nSPS) is 24.3. The summed E-state index contributed by atoms with van der Waals surface area (Å²) in [6, 6.07) is -0.286. The van der Waals surface area contributed by atoms with Crippen molar-refractivity contribution in [3.05, 3.63) is 0 Å². The molecule has 1 unspecified atom stereocenters. The van der Waals surface area contributed by atoms with Gasteiger partial charge in [0.25, 0.3) is 0 Å².